The molecular formula is C28H31N3O2. The molecule has 0 aliphatic rings. The molecular weight excluding hydrogens is 410 g/mol. The first-order valence-electron chi connectivity index (χ1n) is 11.6. The molecule has 1 amide bonds. The van der Waals surface area contributed by atoms with Crippen molar-refractivity contribution in [3.05, 3.63) is 95.3 Å². The van der Waals surface area contributed by atoms with Crippen LogP contribution in [0.15, 0.2) is 72.8 Å². The quantitative estimate of drug-likeness (QED) is 0.331. The molecule has 0 saturated carbocycles. The van der Waals surface area contributed by atoms with E-state index in [0.29, 0.717) is 25.1 Å². The average Bonchev–Trinajstić information content (AvgIpc) is 3.17. The minimum atomic E-state index is -0.0500. The number of fused-ring (bicyclic) bond motifs is 1. The van der Waals surface area contributed by atoms with Crippen molar-refractivity contribution >= 4 is 16.9 Å². The molecule has 0 radical (unpaired) electrons. The number of rotatable bonds is 10. The van der Waals surface area contributed by atoms with Gasteiger partial charge in [0.05, 0.1) is 17.6 Å². The summed E-state index contributed by atoms with van der Waals surface area (Å²) in [7, 11) is 0. The number of carbonyl (C=O) groups is 1. The van der Waals surface area contributed by atoms with Crippen LogP contribution < -0.4 is 10.1 Å². The third-order valence-corrected chi connectivity index (χ3v) is 5.81. The number of imidazole rings is 1. The van der Waals surface area contributed by atoms with Crippen molar-refractivity contribution in [2.45, 2.75) is 39.7 Å². The summed E-state index contributed by atoms with van der Waals surface area (Å²) in [5.74, 6) is 1.90. The van der Waals surface area contributed by atoms with Gasteiger partial charge in [0.1, 0.15) is 11.6 Å². The summed E-state index contributed by atoms with van der Waals surface area (Å²) in [6.07, 6.45) is 2.64. The monoisotopic (exact) mass is 441 g/mol. The minimum absolute atomic E-state index is 0.0500. The lowest BCUT2D eigenvalue weighted by Crippen LogP contribution is -2.26. The number of amides is 1. The second-order valence-corrected chi connectivity index (χ2v) is 8.36. The zero-order valence-corrected chi connectivity index (χ0v) is 19.4. The van der Waals surface area contributed by atoms with Crippen LogP contribution in [0, 0.1) is 13.8 Å². The molecule has 0 fully saturated rings. The predicted octanol–water partition coefficient (Wildman–Crippen LogP) is 5.48. The Morgan fingerprint density at radius 3 is 2.52 bits per heavy atom. The molecule has 1 heterocycles. The largest absolute Gasteiger partial charge is 0.493 e. The van der Waals surface area contributed by atoms with Crippen LogP contribution in [0.2, 0.25) is 0 Å². The van der Waals surface area contributed by atoms with Crippen LogP contribution >= 0.6 is 0 Å². The van der Waals surface area contributed by atoms with Crippen LogP contribution in [0.3, 0.4) is 0 Å². The second kappa shape index (κ2) is 10.8. The van der Waals surface area contributed by atoms with Crippen LogP contribution in [0.5, 0.6) is 5.75 Å². The van der Waals surface area contributed by atoms with Crippen LogP contribution in [0.25, 0.3) is 11.0 Å². The molecule has 1 aromatic heterocycles. The Morgan fingerprint density at radius 1 is 0.939 bits per heavy atom. The Balaban J connectivity index is 1.33. The van der Waals surface area contributed by atoms with E-state index in [1.165, 1.54) is 0 Å². The SMILES string of the molecule is Cc1ccc(C(=O)NCCc2nc3ccccc3n2CCCCOc2ccccc2C)cc1. The Kier molecular flexibility index (Phi) is 7.40. The van der Waals surface area contributed by atoms with Gasteiger partial charge in [0.15, 0.2) is 0 Å². The number of hydrogen-bond acceptors (Lipinski definition) is 3. The fourth-order valence-corrected chi connectivity index (χ4v) is 3.93. The van der Waals surface area contributed by atoms with Crippen molar-refractivity contribution < 1.29 is 9.53 Å². The summed E-state index contributed by atoms with van der Waals surface area (Å²) in [6.45, 7) is 6.20. The maximum absolute atomic E-state index is 12.4. The summed E-state index contributed by atoms with van der Waals surface area (Å²) in [4.78, 5) is 17.3. The van der Waals surface area contributed by atoms with Gasteiger partial charge in [0.2, 0.25) is 0 Å². The van der Waals surface area contributed by atoms with Gasteiger partial charge in [-0.05, 0) is 62.6 Å². The molecule has 4 rings (SSSR count). The van der Waals surface area contributed by atoms with E-state index in [-0.39, 0.29) is 5.91 Å². The number of nitrogens with one attached hydrogen (secondary N) is 1. The highest BCUT2D eigenvalue weighted by Gasteiger charge is 2.11. The number of para-hydroxylation sites is 3. The van der Waals surface area contributed by atoms with Gasteiger partial charge in [0.25, 0.3) is 5.91 Å². The predicted molar refractivity (Wildman–Crippen MR) is 133 cm³/mol. The molecule has 0 saturated heterocycles. The second-order valence-electron chi connectivity index (χ2n) is 8.36. The van der Waals surface area contributed by atoms with E-state index in [4.69, 9.17) is 9.72 Å². The van der Waals surface area contributed by atoms with E-state index in [1.807, 2.05) is 67.6 Å². The fourth-order valence-electron chi connectivity index (χ4n) is 3.93. The Morgan fingerprint density at radius 2 is 1.70 bits per heavy atom. The van der Waals surface area contributed by atoms with Crippen molar-refractivity contribution in [1.29, 1.82) is 0 Å². The van der Waals surface area contributed by atoms with E-state index < -0.39 is 0 Å². The number of aryl methyl sites for hydroxylation is 3. The number of unbranched alkanes of at least 4 members (excludes halogenated alkanes) is 1. The van der Waals surface area contributed by atoms with E-state index in [2.05, 4.69) is 28.9 Å². The van der Waals surface area contributed by atoms with E-state index in [9.17, 15) is 4.79 Å². The molecule has 4 aromatic rings. The van der Waals surface area contributed by atoms with Crippen LogP contribution in [-0.4, -0.2) is 28.6 Å². The van der Waals surface area contributed by atoms with Gasteiger partial charge < -0.3 is 14.6 Å². The third-order valence-electron chi connectivity index (χ3n) is 5.81. The van der Waals surface area contributed by atoms with Crippen LogP contribution in [0.4, 0.5) is 0 Å². The molecule has 1 N–H and O–H groups in total. The topological polar surface area (TPSA) is 56.2 Å². The molecule has 0 unspecified atom stereocenters. The van der Waals surface area contributed by atoms with Crippen molar-refractivity contribution in [2.75, 3.05) is 13.2 Å². The molecule has 5 nitrogen and oxygen atoms in total. The number of aromatic nitrogens is 2. The van der Waals surface area contributed by atoms with Gasteiger partial charge in [0, 0.05) is 25.1 Å². The maximum atomic E-state index is 12.4. The highest BCUT2D eigenvalue weighted by Crippen LogP contribution is 2.19. The van der Waals surface area contributed by atoms with Gasteiger partial charge in [-0.15, -0.1) is 0 Å². The van der Waals surface area contributed by atoms with Crippen molar-refractivity contribution in [3.8, 4) is 5.75 Å². The van der Waals surface area contributed by atoms with Crippen molar-refractivity contribution in [3.63, 3.8) is 0 Å². The minimum Gasteiger partial charge on any atom is -0.493 e. The number of nitrogens with zero attached hydrogens (tertiary/aromatic N) is 2. The fraction of sp³-hybridized carbons (Fsp3) is 0.286. The molecule has 0 bridgehead atoms. The van der Waals surface area contributed by atoms with Gasteiger partial charge in [-0.25, -0.2) is 4.98 Å². The van der Waals surface area contributed by atoms with E-state index in [0.717, 1.165) is 53.1 Å². The van der Waals surface area contributed by atoms with Crippen LogP contribution in [-0.2, 0) is 13.0 Å². The number of ether oxygens (including phenoxy) is 1. The number of benzene rings is 3. The van der Waals surface area contributed by atoms with E-state index >= 15 is 0 Å². The van der Waals surface area contributed by atoms with Gasteiger partial charge in [-0.1, -0.05) is 48.0 Å². The molecule has 5 heteroatoms. The summed E-state index contributed by atoms with van der Waals surface area (Å²) in [5, 5.41) is 3.03. The molecule has 170 valence electrons. The van der Waals surface area contributed by atoms with Gasteiger partial charge in [-0.2, -0.15) is 0 Å². The Bertz CT molecular complexity index is 1210. The molecule has 0 aliphatic carbocycles. The van der Waals surface area contributed by atoms with Gasteiger partial charge in [-0.3, -0.25) is 4.79 Å². The highest BCUT2D eigenvalue weighted by molar-refractivity contribution is 5.94. The number of carbonyl (C=O) groups excluding carboxylic acids is 1. The first-order chi connectivity index (χ1) is 16.1. The zero-order valence-electron chi connectivity index (χ0n) is 19.4. The standard InChI is InChI=1S/C28H31N3O2/c1-21-13-15-23(16-14-21)28(32)29-18-17-27-30-24-10-4-5-11-25(24)31(27)19-7-8-20-33-26-12-6-3-9-22(26)2/h3-6,9-16H,7-8,17-20H2,1-2H3,(H,29,32). The lowest BCUT2D eigenvalue weighted by molar-refractivity contribution is 0.0954. The lowest BCUT2D eigenvalue weighted by Gasteiger charge is -2.11. The maximum Gasteiger partial charge on any atom is 0.251 e. The normalized spacial score (nSPS) is 11.0. The third kappa shape index (κ3) is 5.80. The summed E-state index contributed by atoms with van der Waals surface area (Å²) >= 11 is 0. The summed E-state index contributed by atoms with van der Waals surface area (Å²) < 4.78 is 8.22. The first kappa shape index (κ1) is 22.6. The smallest absolute Gasteiger partial charge is 0.251 e. The Labute approximate surface area is 195 Å². The van der Waals surface area contributed by atoms with Crippen LogP contribution in [0.1, 0.15) is 40.2 Å². The van der Waals surface area contributed by atoms with Crippen molar-refractivity contribution in [1.82, 2.24) is 14.9 Å². The summed E-state index contributed by atoms with van der Waals surface area (Å²) in [5.41, 5.74) is 5.12. The molecule has 3 aromatic carbocycles. The zero-order chi connectivity index (χ0) is 23.0. The molecule has 0 aliphatic heterocycles. The highest BCUT2D eigenvalue weighted by atomic mass is 16.5. The van der Waals surface area contributed by atoms with Gasteiger partial charge >= 0.3 is 0 Å². The lowest BCUT2D eigenvalue weighted by atomic mass is 10.1. The summed E-state index contributed by atoms with van der Waals surface area (Å²) in [6, 6.07) is 24.0. The van der Waals surface area contributed by atoms with Crippen molar-refractivity contribution in [2.24, 2.45) is 0 Å². The first-order valence-corrected chi connectivity index (χ1v) is 11.6. The molecule has 0 atom stereocenters. The molecule has 33 heavy (non-hydrogen) atoms. The molecule has 0 spiro atoms. The Hall–Kier alpha value is -3.60. The van der Waals surface area contributed by atoms with E-state index in [1.54, 1.807) is 0 Å². The number of hydrogen-bond donors (Lipinski definition) is 1. The average molecular weight is 442 g/mol.